The molecule has 3 aromatic rings. The van der Waals surface area contributed by atoms with Gasteiger partial charge in [-0.2, -0.15) is 0 Å². The van der Waals surface area contributed by atoms with Gasteiger partial charge < -0.3 is 15.0 Å². The van der Waals surface area contributed by atoms with Crippen molar-refractivity contribution in [2.75, 3.05) is 18.0 Å². The Morgan fingerprint density at radius 1 is 0.929 bits per heavy atom. The number of rotatable bonds is 11. The smallest absolute Gasteiger partial charge is 0.264 e. The van der Waals surface area contributed by atoms with E-state index < -0.39 is 28.5 Å². The van der Waals surface area contributed by atoms with E-state index in [0.29, 0.717) is 5.75 Å². The highest BCUT2D eigenvalue weighted by Crippen LogP contribution is 2.34. The zero-order chi connectivity index (χ0) is 30.4. The van der Waals surface area contributed by atoms with Crippen LogP contribution in [0.15, 0.2) is 71.6 Å². The number of benzene rings is 3. The number of methoxy groups -OCH3 is 1. The third-order valence-corrected chi connectivity index (χ3v) is 9.57. The molecule has 0 radical (unpaired) electrons. The minimum atomic E-state index is -4.19. The fourth-order valence-electron chi connectivity index (χ4n) is 5.33. The summed E-state index contributed by atoms with van der Waals surface area (Å²) in [7, 11) is -2.72. The SMILES string of the molecule is COc1ccc(C)cc1N(CC(=O)N(Cc1cccc(C)c1)[C@@H](C)C(=O)NC1CCCC1)S(=O)(=O)c1ccc(C)cc1. The summed E-state index contributed by atoms with van der Waals surface area (Å²) >= 11 is 0. The summed E-state index contributed by atoms with van der Waals surface area (Å²) in [6.45, 7) is 7.03. The summed E-state index contributed by atoms with van der Waals surface area (Å²) in [5.74, 6) is -0.421. The Bertz CT molecular complexity index is 1510. The quantitative estimate of drug-likeness (QED) is 0.327. The van der Waals surface area contributed by atoms with Crippen LogP contribution in [0.2, 0.25) is 0 Å². The minimum absolute atomic E-state index is 0.0571. The maximum atomic E-state index is 14.2. The van der Waals surface area contributed by atoms with Crippen molar-refractivity contribution in [2.24, 2.45) is 0 Å². The first-order valence-electron chi connectivity index (χ1n) is 14.4. The van der Waals surface area contributed by atoms with Gasteiger partial charge >= 0.3 is 0 Å². The average Bonchev–Trinajstić information content (AvgIpc) is 3.47. The Hall–Kier alpha value is -3.85. The van der Waals surface area contributed by atoms with Gasteiger partial charge in [0, 0.05) is 12.6 Å². The van der Waals surface area contributed by atoms with Gasteiger partial charge in [0.1, 0.15) is 18.3 Å². The first-order chi connectivity index (χ1) is 20.0. The van der Waals surface area contributed by atoms with Crippen LogP contribution in [0.25, 0.3) is 0 Å². The maximum Gasteiger partial charge on any atom is 0.264 e. The zero-order valence-corrected chi connectivity index (χ0v) is 25.9. The normalized spacial score (nSPS) is 14.3. The Balaban J connectivity index is 1.74. The highest BCUT2D eigenvalue weighted by Gasteiger charge is 2.34. The lowest BCUT2D eigenvalue weighted by atomic mass is 10.1. The summed E-state index contributed by atoms with van der Waals surface area (Å²) in [6, 6.07) is 18.7. The molecule has 0 heterocycles. The van der Waals surface area contributed by atoms with E-state index in [0.717, 1.165) is 52.2 Å². The van der Waals surface area contributed by atoms with Crippen molar-refractivity contribution in [3.8, 4) is 5.75 Å². The summed E-state index contributed by atoms with van der Waals surface area (Å²) in [5, 5.41) is 3.10. The lowest BCUT2D eigenvalue weighted by Gasteiger charge is -2.33. The Kier molecular flexibility index (Phi) is 9.93. The number of sulfonamides is 1. The number of hydrogen-bond acceptors (Lipinski definition) is 5. The number of hydrogen-bond donors (Lipinski definition) is 1. The van der Waals surface area contributed by atoms with Gasteiger partial charge in [0.2, 0.25) is 11.8 Å². The van der Waals surface area contributed by atoms with Gasteiger partial charge in [-0.15, -0.1) is 0 Å². The summed E-state index contributed by atoms with van der Waals surface area (Å²) in [4.78, 5) is 29.1. The van der Waals surface area contributed by atoms with Gasteiger partial charge in [0.15, 0.2) is 0 Å². The molecule has 0 aromatic heterocycles. The Labute approximate surface area is 249 Å². The molecule has 9 heteroatoms. The summed E-state index contributed by atoms with van der Waals surface area (Å²) in [6.07, 6.45) is 3.96. The molecule has 0 aliphatic heterocycles. The molecule has 0 bridgehead atoms. The number of anilines is 1. The molecule has 1 aliphatic rings. The summed E-state index contributed by atoms with van der Waals surface area (Å²) in [5.41, 5.74) is 3.85. The van der Waals surface area contributed by atoms with Gasteiger partial charge in [0.05, 0.1) is 17.7 Å². The van der Waals surface area contributed by atoms with E-state index in [9.17, 15) is 18.0 Å². The lowest BCUT2D eigenvalue weighted by Crippen LogP contribution is -2.52. The first kappa shape index (κ1) is 31.1. The molecule has 2 amide bonds. The molecule has 3 aromatic carbocycles. The predicted molar refractivity (Wildman–Crippen MR) is 165 cm³/mol. The number of ether oxygens (including phenoxy) is 1. The lowest BCUT2D eigenvalue weighted by molar-refractivity contribution is -0.139. The molecular weight excluding hydrogens is 550 g/mol. The van der Waals surface area contributed by atoms with Crippen molar-refractivity contribution in [2.45, 2.75) is 76.9 Å². The number of carbonyl (C=O) groups excluding carboxylic acids is 2. The highest BCUT2D eigenvalue weighted by molar-refractivity contribution is 7.92. The monoisotopic (exact) mass is 591 g/mol. The number of carbonyl (C=O) groups is 2. The third kappa shape index (κ3) is 7.31. The van der Waals surface area contributed by atoms with Crippen LogP contribution >= 0.6 is 0 Å². The van der Waals surface area contributed by atoms with Crippen LogP contribution in [-0.4, -0.2) is 50.9 Å². The van der Waals surface area contributed by atoms with Crippen LogP contribution in [0.1, 0.15) is 54.9 Å². The Morgan fingerprint density at radius 3 is 2.21 bits per heavy atom. The van der Waals surface area contributed by atoms with E-state index in [-0.39, 0.29) is 29.1 Å². The molecule has 0 unspecified atom stereocenters. The van der Waals surface area contributed by atoms with E-state index in [1.165, 1.54) is 24.1 Å². The third-order valence-electron chi connectivity index (χ3n) is 7.80. The van der Waals surface area contributed by atoms with Gasteiger partial charge in [-0.1, -0.05) is 66.4 Å². The van der Waals surface area contributed by atoms with Crippen LogP contribution in [0.4, 0.5) is 5.69 Å². The average molecular weight is 592 g/mol. The van der Waals surface area contributed by atoms with Gasteiger partial charge in [-0.05, 0) is 75.9 Å². The van der Waals surface area contributed by atoms with E-state index in [4.69, 9.17) is 4.74 Å². The second kappa shape index (κ2) is 13.4. The van der Waals surface area contributed by atoms with Crippen LogP contribution in [-0.2, 0) is 26.2 Å². The number of aryl methyl sites for hydroxylation is 3. The Morgan fingerprint density at radius 2 is 1.57 bits per heavy atom. The largest absolute Gasteiger partial charge is 0.495 e. The number of amides is 2. The van der Waals surface area contributed by atoms with Gasteiger partial charge in [0.25, 0.3) is 10.0 Å². The molecular formula is C33H41N3O5S. The molecule has 0 spiro atoms. The van der Waals surface area contributed by atoms with Crippen molar-refractivity contribution in [1.29, 1.82) is 0 Å². The highest BCUT2D eigenvalue weighted by atomic mass is 32.2. The van der Waals surface area contributed by atoms with Crippen molar-refractivity contribution >= 4 is 27.5 Å². The van der Waals surface area contributed by atoms with Crippen molar-refractivity contribution in [3.63, 3.8) is 0 Å². The molecule has 1 fully saturated rings. The molecule has 1 saturated carbocycles. The van der Waals surface area contributed by atoms with Gasteiger partial charge in [-0.3, -0.25) is 13.9 Å². The molecule has 1 N–H and O–H groups in total. The summed E-state index contributed by atoms with van der Waals surface area (Å²) < 4.78 is 34.9. The van der Waals surface area contributed by atoms with E-state index in [1.54, 1.807) is 31.2 Å². The van der Waals surface area contributed by atoms with Crippen molar-refractivity contribution < 1.29 is 22.7 Å². The molecule has 1 atom stereocenters. The molecule has 1 aliphatic carbocycles. The van der Waals surface area contributed by atoms with Crippen LogP contribution in [0, 0.1) is 20.8 Å². The van der Waals surface area contributed by atoms with E-state index in [2.05, 4.69) is 5.32 Å². The molecule has 0 saturated heterocycles. The predicted octanol–water partition coefficient (Wildman–Crippen LogP) is 5.29. The first-order valence-corrected chi connectivity index (χ1v) is 15.8. The standard InChI is InChI=1S/C33H41N3O5S/c1-23-13-16-29(17-14-23)42(39,40)36(30-20-25(3)15-18-31(30)41-5)22-32(37)35(21-27-10-8-9-24(2)19-27)26(4)33(38)34-28-11-6-7-12-28/h8-10,13-20,26,28H,6-7,11-12,21-22H2,1-5H3,(H,34,38)/t26-/m0/s1. The topological polar surface area (TPSA) is 96.0 Å². The second-order valence-corrected chi connectivity index (χ2v) is 13.0. The van der Waals surface area contributed by atoms with Crippen molar-refractivity contribution in [3.05, 3.63) is 89.0 Å². The van der Waals surface area contributed by atoms with Crippen molar-refractivity contribution in [1.82, 2.24) is 10.2 Å². The number of nitrogens with one attached hydrogen (secondary N) is 1. The van der Waals surface area contributed by atoms with Crippen LogP contribution in [0.5, 0.6) is 5.75 Å². The van der Waals surface area contributed by atoms with Crippen LogP contribution < -0.4 is 14.4 Å². The van der Waals surface area contributed by atoms with E-state index >= 15 is 0 Å². The van der Waals surface area contributed by atoms with E-state index in [1.807, 2.05) is 51.1 Å². The van der Waals surface area contributed by atoms with Crippen LogP contribution in [0.3, 0.4) is 0 Å². The maximum absolute atomic E-state index is 14.2. The number of nitrogens with zero attached hydrogens (tertiary/aromatic N) is 2. The second-order valence-electron chi connectivity index (χ2n) is 11.2. The fraction of sp³-hybridized carbons (Fsp3) is 0.394. The molecule has 8 nitrogen and oxygen atoms in total. The van der Waals surface area contributed by atoms with Gasteiger partial charge in [-0.25, -0.2) is 8.42 Å². The molecule has 4 rings (SSSR count). The fourth-order valence-corrected chi connectivity index (χ4v) is 6.74. The molecule has 224 valence electrons. The molecule has 42 heavy (non-hydrogen) atoms. The zero-order valence-electron chi connectivity index (χ0n) is 25.1. The minimum Gasteiger partial charge on any atom is -0.495 e.